The molecule has 5 nitrogen and oxygen atoms in total. The van der Waals surface area contributed by atoms with Crippen LogP contribution < -0.4 is 0 Å². The molecule has 0 bridgehead atoms. The Morgan fingerprint density at radius 2 is 0.974 bits per heavy atom. The van der Waals surface area contributed by atoms with Gasteiger partial charge in [0, 0.05) is 11.0 Å². The van der Waals surface area contributed by atoms with Gasteiger partial charge in [0.05, 0.1) is 12.3 Å². The van der Waals surface area contributed by atoms with Gasteiger partial charge in [-0.1, -0.05) is 5.11 Å². The molecule has 0 aromatic heterocycles. The molecule has 0 radical (unpaired) electrons. The predicted molar refractivity (Wildman–Crippen MR) is 79.5 cm³/mol. The molecule has 0 aromatic rings. The van der Waals surface area contributed by atoms with Crippen LogP contribution in [0.1, 0.15) is 6.92 Å². The molecule has 0 saturated heterocycles. The monoisotopic (exact) mass is 609 g/mol. The van der Waals surface area contributed by atoms with E-state index in [9.17, 15) is 88.2 Å². The summed E-state index contributed by atoms with van der Waals surface area (Å²) in [6.07, 6.45) is -9.09. The van der Waals surface area contributed by atoms with E-state index in [0.29, 0.717) is 0 Å². The highest BCUT2D eigenvalue weighted by Gasteiger charge is 2.96. The van der Waals surface area contributed by atoms with Crippen molar-refractivity contribution in [3.05, 3.63) is 22.2 Å². The maximum Gasteiger partial charge on any atom is 0.460 e. The van der Waals surface area contributed by atoms with Gasteiger partial charge in [-0.25, -0.2) is 4.79 Å². The van der Waals surface area contributed by atoms with E-state index >= 15 is 0 Å². The second-order valence-corrected chi connectivity index (χ2v) is 6.56. The van der Waals surface area contributed by atoms with Crippen molar-refractivity contribution in [2.45, 2.75) is 60.5 Å². The highest BCUT2D eigenvalue weighted by Crippen LogP contribution is 2.65. The number of ether oxygens (including phenoxy) is 1. The lowest BCUT2D eigenvalue weighted by atomic mass is 9.87. The van der Waals surface area contributed by atoms with Crippen LogP contribution in [-0.2, 0) is 9.53 Å². The topological polar surface area (TPSA) is 75.1 Å². The van der Waals surface area contributed by atoms with Gasteiger partial charge in [-0.2, -0.15) is 83.4 Å². The minimum atomic E-state index is -9.09. The molecule has 0 aliphatic rings. The molecule has 0 aliphatic heterocycles. The molecule has 222 valence electrons. The fourth-order valence-electron chi connectivity index (χ4n) is 2.05. The van der Waals surface area contributed by atoms with Gasteiger partial charge in [0.15, 0.2) is 0 Å². The number of allylic oxidation sites excluding steroid dienone is 1. The standard InChI is InChI=1S/C14H6F19N3O2/c1-2-38-5(37)3-4(35-36-34)6(15,16)7(17,18)8(19,20)9(21,22)10(23,24)11(25,26)12(27,28)13(29,30)14(31,32)33/h3H,2H2,1H3/b4-3+. The van der Waals surface area contributed by atoms with Gasteiger partial charge in [-0.05, 0) is 12.5 Å². The van der Waals surface area contributed by atoms with Crippen LogP contribution in [0.4, 0.5) is 83.4 Å². The third kappa shape index (κ3) is 4.74. The van der Waals surface area contributed by atoms with Crippen molar-refractivity contribution in [2.75, 3.05) is 6.61 Å². The summed E-state index contributed by atoms with van der Waals surface area (Å²) in [5.74, 6) is -71.0. The second-order valence-electron chi connectivity index (χ2n) is 6.56. The van der Waals surface area contributed by atoms with Crippen molar-refractivity contribution in [1.29, 1.82) is 0 Å². The molecule has 0 heterocycles. The molecule has 0 unspecified atom stereocenters. The number of esters is 1. The zero-order valence-electron chi connectivity index (χ0n) is 17.1. The van der Waals surface area contributed by atoms with E-state index in [2.05, 4.69) is 4.74 Å². The zero-order chi connectivity index (χ0) is 31.2. The summed E-state index contributed by atoms with van der Waals surface area (Å²) in [4.78, 5) is 12.4. The number of hydrogen-bond acceptors (Lipinski definition) is 3. The van der Waals surface area contributed by atoms with Crippen LogP contribution in [-0.4, -0.2) is 66.1 Å². The van der Waals surface area contributed by atoms with Gasteiger partial charge in [0.2, 0.25) is 0 Å². The number of rotatable bonds is 11. The van der Waals surface area contributed by atoms with Crippen molar-refractivity contribution in [3.63, 3.8) is 0 Å². The Hall–Kier alpha value is -2.81. The van der Waals surface area contributed by atoms with Crippen molar-refractivity contribution >= 4 is 5.97 Å². The number of hydrogen-bond donors (Lipinski definition) is 0. The molecule has 0 rings (SSSR count). The molecule has 0 saturated carbocycles. The fraction of sp³-hybridized carbons (Fsp3) is 0.786. The predicted octanol–water partition coefficient (Wildman–Crippen LogP) is 7.39. The van der Waals surface area contributed by atoms with Crippen LogP contribution in [0.5, 0.6) is 0 Å². The SMILES string of the molecule is CCOC(=O)/C=C(/N=[N+]=[N-])C(F)(F)C(F)(F)C(F)(F)C(F)(F)C(F)(F)C(F)(F)C(F)(F)C(F)(F)C(F)(F)F. The minimum Gasteiger partial charge on any atom is -0.463 e. The van der Waals surface area contributed by atoms with Crippen LogP contribution in [0.15, 0.2) is 16.9 Å². The van der Waals surface area contributed by atoms with E-state index in [4.69, 9.17) is 5.53 Å². The Labute approximate surface area is 194 Å². The lowest BCUT2D eigenvalue weighted by molar-refractivity contribution is -0.467. The molecule has 0 aromatic carbocycles. The molecule has 0 amide bonds. The van der Waals surface area contributed by atoms with Gasteiger partial charge < -0.3 is 4.74 Å². The van der Waals surface area contributed by atoms with E-state index in [-0.39, 0.29) is 0 Å². The van der Waals surface area contributed by atoms with E-state index in [0.717, 1.165) is 6.92 Å². The lowest BCUT2D eigenvalue weighted by Gasteiger charge is -2.43. The Bertz CT molecular complexity index is 978. The quantitative estimate of drug-likeness (QED) is 0.0612. The van der Waals surface area contributed by atoms with Gasteiger partial charge in [0.1, 0.15) is 0 Å². The summed E-state index contributed by atoms with van der Waals surface area (Å²) < 4.78 is 256. The van der Waals surface area contributed by atoms with Gasteiger partial charge in [-0.15, -0.1) is 0 Å². The molecule has 0 spiro atoms. The summed E-state index contributed by atoms with van der Waals surface area (Å²) in [6.45, 7) is 0.0495. The average molecular weight is 609 g/mol. The second kappa shape index (κ2) is 9.74. The average Bonchev–Trinajstić information content (AvgIpc) is 2.71. The molecule has 0 fully saturated rings. The Morgan fingerprint density at radius 1 is 0.658 bits per heavy atom. The van der Waals surface area contributed by atoms with E-state index in [1.807, 2.05) is 0 Å². The normalized spacial score (nSPS) is 15.7. The number of nitrogens with zero attached hydrogens (tertiary/aromatic N) is 3. The molecule has 0 atom stereocenters. The number of carbonyl (C=O) groups is 1. The maximum absolute atomic E-state index is 14.0. The molecule has 0 aliphatic carbocycles. The first kappa shape index (κ1) is 35.2. The van der Waals surface area contributed by atoms with Crippen LogP contribution in [0.2, 0.25) is 0 Å². The Balaban J connectivity index is 7.20. The first-order valence-electron chi connectivity index (χ1n) is 8.45. The summed E-state index contributed by atoms with van der Waals surface area (Å²) in [6, 6.07) is 0. The summed E-state index contributed by atoms with van der Waals surface area (Å²) in [7, 11) is 0. The van der Waals surface area contributed by atoms with Crippen LogP contribution in [0, 0.1) is 0 Å². The third-order valence-electron chi connectivity index (χ3n) is 4.13. The third-order valence-corrected chi connectivity index (χ3v) is 4.13. The van der Waals surface area contributed by atoms with E-state index < -0.39 is 77.9 Å². The van der Waals surface area contributed by atoms with Gasteiger partial charge in [-0.3, -0.25) is 0 Å². The van der Waals surface area contributed by atoms with Gasteiger partial charge in [0.25, 0.3) is 0 Å². The molecule has 24 heteroatoms. The molecular formula is C14H6F19N3O2. The maximum atomic E-state index is 14.0. The van der Waals surface area contributed by atoms with Crippen molar-refractivity contribution in [1.82, 2.24) is 0 Å². The Kier molecular flexibility index (Phi) is 9.02. The van der Waals surface area contributed by atoms with E-state index in [1.54, 1.807) is 5.11 Å². The zero-order valence-corrected chi connectivity index (χ0v) is 17.1. The largest absolute Gasteiger partial charge is 0.463 e. The smallest absolute Gasteiger partial charge is 0.460 e. The van der Waals surface area contributed by atoms with Crippen LogP contribution in [0.3, 0.4) is 0 Å². The molecule has 38 heavy (non-hydrogen) atoms. The first-order valence-corrected chi connectivity index (χ1v) is 8.45. The van der Waals surface area contributed by atoms with Crippen LogP contribution in [0.25, 0.3) is 10.4 Å². The fourth-order valence-corrected chi connectivity index (χ4v) is 2.05. The van der Waals surface area contributed by atoms with Gasteiger partial charge >= 0.3 is 59.5 Å². The first-order chi connectivity index (χ1) is 16.4. The van der Waals surface area contributed by atoms with Crippen molar-refractivity contribution in [2.24, 2.45) is 5.11 Å². The summed E-state index contributed by atoms with van der Waals surface area (Å²) in [5, 5.41) is 1.54. The number of halogens is 19. The Morgan fingerprint density at radius 3 is 1.26 bits per heavy atom. The summed E-state index contributed by atoms with van der Waals surface area (Å²) >= 11 is 0. The highest BCUT2D eigenvalue weighted by atomic mass is 19.4. The van der Waals surface area contributed by atoms with Crippen molar-refractivity contribution < 1.29 is 92.9 Å². The minimum absolute atomic E-state index is 0.826. The number of carbonyl (C=O) groups excluding carboxylic acids is 1. The van der Waals surface area contributed by atoms with Crippen molar-refractivity contribution in [3.8, 4) is 0 Å². The number of azide groups is 1. The molecular weight excluding hydrogens is 603 g/mol. The number of alkyl halides is 19. The highest BCUT2D eigenvalue weighted by molar-refractivity contribution is 5.83. The van der Waals surface area contributed by atoms with Crippen LogP contribution >= 0.6 is 0 Å². The summed E-state index contributed by atoms with van der Waals surface area (Å²) in [5.41, 5.74) is 4.68. The lowest BCUT2D eigenvalue weighted by Crippen LogP contribution is -2.75. The molecule has 0 N–H and O–H groups in total. The van der Waals surface area contributed by atoms with E-state index in [1.165, 1.54) is 4.91 Å².